The summed E-state index contributed by atoms with van der Waals surface area (Å²) >= 11 is 7.28. The fraction of sp³-hybridized carbons (Fsp3) is 0.200. The topological polar surface area (TPSA) is 94.1 Å². The second-order valence-corrected chi connectivity index (χ2v) is 7.86. The molecule has 7 nitrogen and oxygen atoms in total. The summed E-state index contributed by atoms with van der Waals surface area (Å²) in [6.07, 6.45) is 0.461. The van der Waals surface area contributed by atoms with Gasteiger partial charge in [-0.05, 0) is 48.9 Å². The van der Waals surface area contributed by atoms with Crippen molar-refractivity contribution >= 4 is 46.1 Å². The molecule has 0 aliphatic carbocycles. The SMILES string of the molecule is Cc1cc(F)ccc1NC(=O)CCc1nc(CSc2nc3cc(Cl)ccc3o2)no1. The number of aromatic nitrogens is 3. The number of nitrogens with zero attached hydrogens (tertiary/aromatic N) is 3. The van der Waals surface area contributed by atoms with Crippen molar-refractivity contribution in [3.63, 3.8) is 0 Å². The molecule has 0 radical (unpaired) electrons. The van der Waals surface area contributed by atoms with Crippen LogP contribution in [0.15, 0.2) is 50.6 Å². The highest BCUT2D eigenvalue weighted by Gasteiger charge is 2.13. The highest BCUT2D eigenvalue weighted by molar-refractivity contribution is 7.98. The van der Waals surface area contributed by atoms with Crippen molar-refractivity contribution in [3.05, 3.63) is 64.5 Å². The lowest BCUT2D eigenvalue weighted by Gasteiger charge is -2.07. The molecule has 154 valence electrons. The van der Waals surface area contributed by atoms with Crippen LogP contribution in [-0.2, 0) is 17.0 Å². The molecule has 2 aromatic carbocycles. The van der Waals surface area contributed by atoms with E-state index < -0.39 is 0 Å². The van der Waals surface area contributed by atoms with Crippen molar-refractivity contribution in [2.24, 2.45) is 0 Å². The number of fused-ring (bicyclic) bond motifs is 1. The summed E-state index contributed by atoms with van der Waals surface area (Å²) in [4.78, 5) is 20.8. The van der Waals surface area contributed by atoms with Gasteiger partial charge in [-0.1, -0.05) is 28.5 Å². The van der Waals surface area contributed by atoms with E-state index in [1.807, 2.05) is 0 Å². The van der Waals surface area contributed by atoms with E-state index in [0.717, 1.165) is 0 Å². The number of oxazole rings is 1. The molecule has 0 saturated heterocycles. The number of amides is 1. The van der Waals surface area contributed by atoms with Gasteiger partial charge in [0.15, 0.2) is 11.4 Å². The molecule has 0 fully saturated rings. The second kappa shape index (κ2) is 8.85. The van der Waals surface area contributed by atoms with Crippen LogP contribution < -0.4 is 5.32 Å². The van der Waals surface area contributed by atoms with E-state index >= 15 is 0 Å². The molecule has 10 heteroatoms. The molecule has 0 aliphatic heterocycles. The first-order valence-corrected chi connectivity index (χ1v) is 10.4. The van der Waals surface area contributed by atoms with Crippen molar-refractivity contribution in [2.75, 3.05) is 5.32 Å². The predicted molar refractivity (Wildman–Crippen MR) is 111 cm³/mol. The molecule has 1 amide bonds. The van der Waals surface area contributed by atoms with E-state index in [2.05, 4.69) is 20.4 Å². The zero-order valence-electron chi connectivity index (χ0n) is 15.8. The van der Waals surface area contributed by atoms with Crippen LogP contribution in [0.5, 0.6) is 0 Å². The lowest BCUT2D eigenvalue weighted by Crippen LogP contribution is -2.13. The third kappa shape index (κ3) is 4.98. The Kier molecular flexibility index (Phi) is 6.01. The number of carbonyl (C=O) groups excluding carboxylic acids is 1. The number of halogens is 2. The molecule has 0 bridgehead atoms. The average Bonchev–Trinajstić information content (AvgIpc) is 3.33. The van der Waals surface area contributed by atoms with Crippen molar-refractivity contribution < 1.29 is 18.1 Å². The van der Waals surface area contributed by atoms with Crippen molar-refractivity contribution in [2.45, 2.75) is 30.7 Å². The highest BCUT2D eigenvalue weighted by Crippen LogP contribution is 2.27. The number of carbonyl (C=O) groups is 1. The lowest BCUT2D eigenvalue weighted by atomic mass is 10.2. The number of rotatable bonds is 7. The summed E-state index contributed by atoms with van der Waals surface area (Å²) < 4.78 is 24.0. The molecule has 1 N–H and O–H groups in total. The quantitative estimate of drug-likeness (QED) is 0.391. The minimum atomic E-state index is -0.344. The first-order chi connectivity index (χ1) is 14.5. The molecular formula is C20H16ClFN4O3S. The van der Waals surface area contributed by atoms with Gasteiger partial charge in [0.1, 0.15) is 11.3 Å². The van der Waals surface area contributed by atoms with Crippen molar-refractivity contribution in [3.8, 4) is 0 Å². The number of hydrogen-bond donors (Lipinski definition) is 1. The van der Waals surface area contributed by atoms with Crippen LogP contribution in [0.2, 0.25) is 5.02 Å². The Morgan fingerprint density at radius 1 is 1.23 bits per heavy atom. The first kappa shape index (κ1) is 20.4. The van der Waals surface area contributed by atoms with Crippen LogP contribution in [0, 0.1) is 12.7 Å². The second-order valence-electron chi connectivity index (χ2n) is 6.49. The number of nitrogens with one attached hydrogen (secondary N) is 1. The maximum absolute atomic E-state index is 13.1. The lowest BCUT2D eigenvalue weighted by molar-refractivity contribution is -0.116. The molecule has 0 unspecified atom stereocenters. The van der Waals surface area contributed by atoms with Gasteiger partial charge in [0.2, 0.25) is 11.8 Å². The first-order valence-electron chi connectivity index (χ1n) is 9.02. The Morgan fingerprint density at radius 3 is 2.93 bits per heavy atom. The average molecular weight is 447 g/mol. The smallest absolute Gasteiger partial charge is 0.257 e. The zero-order chi connectivity index (χ0) is 21.1. The van der Waals surface area contributed by atoms with Gasteiger partial charge in [-0.15, -0.1) is 0 Å². The van der Waals surface area contributed by atoms with Crippen LogP contribution in [-0.4, -0.2) is 21.0 Å². The highest BCUT2D eigenvalue weighted by atomic mass is 35.5. The van der Waals surface area contributed by atoms with E-state index in [1.54, 1.807) is 25.1 Å². The molecular weight excluding hydrogens is 431 g/mol. The molecule has 0 spiro atoms. The predicted octanol–water partition coefficient (Wildman–Crippen LogP) is 5.18. The Bertz CT molecular complexity index is 1210. The Labute approximate surface area is 180 Å². The normalized spacial score (nSPS) is 11.2. The minimum absolute atomic E-state index is 0.164. The van der Waals surface area contributed by atoms with E-state index in [9.17, 15) is 9.18 Å². The summed E-state index contributed by atoms with van der Waals surface area (Å²) in [5, 5.41) is 7.73. The van der Waals surface area contributed by atoms with Crippen molar-refractivity contribution in [1.82, 2.24) is 15.1 Å². The van der Waals surface area contributed by atoms with Crippen LogP contribution in [0.3, 0.4) is 0 Å². The molecule has 4 aromatic rings. The summed E-state index contributed by atoms with van der Waals surface area (Å²) in [6, 6.07) is 9.43. The van der Waals surface area contributed by atoms with E-state index in [0.29, 0.717) is 56.5 Å². The Balaban J connectivity index is 1.28. The van der Waals surface area contributed by atoms with Gasteiger partial charge in [0.25, 0.3) is 5.22 Å². The molecule has 0 atom stereocenters. The zero-order valence-corrected chi connectivity index (χ0v) is 17.4. The molecule has 0 aliphatic rings. The van der Waals surface area contributed by atoms with Gasteiger partial charge < -0.3 is 14.3 Å². The third-order valence-corrected chi connectivity index (χ3v) is 5.25. The number of aryl methyl sites for hydroxylation is 2. The van der Waals surface area contributed by atoms with Gasteiger partial charge in [0.05, 0.1) is 5.75 Å². The summed E-state index contributed by atoms with van der Waals surface area (Å²) in [5.74, 6) is 0.684. The van der Waals surface area contributed by atoms with Gasteiger partial charge in [0, 0.05) is 23.6 Å². The molecule has 4 rings (SSSR count). The van der Waals surface area contributed by atoms with Gasteiger partial charge in [-0.3, -0.25) is 4.79 Å². The largest absolute Gasteiger partial charge is 0.431 e. The van der Waals surface area contributed by atoms with Gasteiger partial charge in [-0.2, -0.15) is 4.98 Å². The van der Waals surface area contributed by atoms with Crippen LogP contribution in [0.1, 0.15) is 23.7 Å². The number of anilines is 1. The number of thioether (sulfide) groups is 1. The maximum atomic E-state index is 13.1. The van der Waals surface area contributed by atoms with E-state index in [1.165, 1.54) is 30.0 Å². The molecule has 2 aromatic heterocycles. The monoisotopic (exact) mass is 446 g/mol. The Hall–Kier alpha value is -2.91. The number of hydrogen-bond acceptors (Lipinski definition) is 7. The summed E-state index contributed by atoms with van der Waals surface area (Å²) in [5.41, 5.74) is 2.56. The van der Waals surface area contributed by atoms with Crippen LogP contribution in [0.25, 0.3) is 11.1 Å². The fourth-order valence-corrected chi connectivity index (χ4v) is 3.57. The van der Waals surface area contributed by atoms with E-state index in [-0.39, 0.29) is 18.1 Å². The number of benzene rings is 2. The standard InChI is InChI=1S/C20H16ClFN4O3S/c1-11-8-13(22)3-4-14(11)23-18(27)6-7-19-25-17(26-29-19)10-30-20-24-15-9-12(21)2-5-16(15)28-20/h2-5,8-9H,6-7,10H2,1H3,(H,23,27). The minimum Gasteiger partial charge on any atom is -0.431 e. The van der Waals surface area contributed by atoms with Crippen LogP contribution >= 0.6 is 23.4 Å². The van der Waals surface area contributed by atoms with Gasteiger partial charge >= 0.3 is 0 Å². The maximum Gasteiger partial charge on any atom is 0.257 e. The molecule has 0 saturated carbocycles. The summed E-state index contributed by atoms with van der Waals surface area (Å²) in [7, 11) is 0. The van der Waals surface area contributed by atoms with Crippen molar-refractivity contribution in [1.29, 1.82) is 0 Å². The fourth-order valence-electron chi connectivity index (χ4n) is 2.72. The van der Waals surface area contributed by atoms with Crippen LogP contribution in [0.4, 0.5) is 10.1 Å². The third-order valence-electron chi connectivity index (χ3n) is 4.19. The molecule has 30 heavy (non-hydrogen) atoms. The van der Waals surface area contributed by atoms with Gasteiger partial charge in [-0.25, -0.2) is 9.37 Å². The summed E-state index contributed by atoms with van der Waals surface area (Å²) in [6.45, 7) is 1.73. The molecule has 2 heterocycles. The van der Waals surface area contributed by atoms with E-state index in [4.69, 9.17) is 20.5 Å². The Morgan fingerprint density at radius 2 is 2.10 bits per heavy atom.